The number of methoxy groups -OCH3 is 2. The number of rotatable bonds is 23. The Morgan fingerprint density at radius 1 is 1.00 bits per heavy atom. The zero-order valence-electron chi connectivity index (χ0n) is 35.4. The molecule has 1 saturated heterocycles. The third-order valence-electron chi connectivity index (χ3n) is 12.1. The van der Waals surface area contributed by atoms with E-state index in [-0.39, 0.29) is 70.4 Å². The number of carbonyl (C=O) groups excluding carboxylic acids is 2. The van der Waals surface area contributed by atoms with Gasteiger partial charge in [-0.2, -0.15) is 0 Å². The fraction of sp³-hybridized carbons (Fsp3) is 0.587. The van der Waals surface area contributed by atoms with Crippen LogP contribution in [0.5, 0.6) is 23.0 Å². The maximum atomic E-state index is 14.0. The minimum atomic E-state index is -1.51. The largest absolute Gasteiger partial charge is 0.496 e. The Morgan fingerprint density at radius 3 is 2.49 bits per heavy atom. The van der Waals surface area contributed by atoms with Gasteiger partial charge in [0.2, 0.25) is 12.1 Å². The zero-order valence-corrected chi connectivity index (χ0v) is 35.4. The summed E-state index contributed by atoms with van der Waals surface area (Å²) in [5, 5.41) is 34.2. The molecule has 2 heterocycles. The maximum Gasteiger partial charge on any atom is 0.410 e. The Labute approximate surface area is 358 Å². The van der Waals surface area contributed by atoms with Gasteiger partial charge < -0.3 is 53.3 Å². The fourth-order valence-corrected chi connectivity index (χ4v) is 9.45. The highest BCUT2D eigenvalue weighted by Crippen LogP contribution is 2.62. The van der Waals surface area contributed by atoms with E-state index in [9.17, 15) is 24.9 Å². The van der Waals surface area contributed by atoms with Crippen molar-refractivity contribution in [1.82, 2.24) is 4.90 Å². The number of allylic oxidation sites excluding steroid dienone is 1. The van der Waals surface area contributed by atoms with Crippen LogP contribution in [0.3, 0.4) is 0 Å². The monoisotopic (exact) mass is 850 g/mol. The Hall–Kier alpha value is -4.51. The molecule has 2 aliphatic heterocycles. The number of fused-ring (bicyclic) bond motifs is 2. The molecule has 6 rings (SSSR count). The van der Waals surface area contributed by atoms with Gasteiger partial charge in [-0.1, -0.05) is 30.1 Å². The van der Waals surface area contributed by atoms with Crippen LogP contribution in [0, 0.1) is 17.8 Å². The first kappa shape index (κ1) is 46.0. The van der Waals surface area contributed by atoms with Crippen LogP contribution in [0.25, 0.3) is 0 Å². The van der Waals surface area contributed by atoms with Crippen LogP contribution >= 0.6 is 0 Å². The van der Waals surface area contributed by atoms with Gasteiger partial charge in [0.15, 0.2) is 6.29 Å². The summed E-state index contributed by atoms with van der Waals surface area (Å²) in [7, 11) is 2.83. The predicted molar refractivity (Wildman–Crippen MR) is 225 cm³/mol. The minimum Gasteiger partial charge on any atom is -0.496 e. The molecule has 3 N–H and O–H groups in total. The summed E-state index contributed by atoms with van der Waals surface area (Å²) < 4.78 is 43.1. The van der Waals surface area contributed by atoms with E-state index >= 15 is 0 Å². The van der Waals surface area contributed by atoms with Gasteiger partial charge in [-0.15, -0.1) is 6.58 Å². The van der Waals surface area contributed by atoms with Gasteiger partial charge in [0.05, 0.1) is 64.4 Å². The van der Waals surface area contributed by atoms with Crippen LogP contribution in [0.2, 0.25) is 0 Å². The number of aliphatic hydroxyl groups is 3. The highest BCUT2D eigenvalue weighted by molar-refractivity contribution is 6.03. The number of hydrogen-bond acceptors (Lipinski definition) is 14. The summed E-state index contributed by atoms with van der Waals surface area (Å²) in [6.07, 6.45) is 10.6. The number of benzene rings is 2. The number of unbranched alkanes of at least 4 members (excludes halogenated alkanes) is 2. The van der Waals surface area contributed by atoms with E-state index in [0.29, 0.717) is 60.1 Å². The lowest BCUT2D eigenvalue weighted by Gasteiger charge is -2.59. The molecule has 2 fully saturated rings. The molecule has 0 radical (unpaired) electrons. The number of carbonyl (C=O) groups is 2. The molecule has 15 heteroatoms. The van der Waals surface area contributed by atoms with Crippen molar-refractivity contribution in [2.45, 2.75) is 88.2 Å². The molecule has 2 aromatic carbocycles. The van der Waals surface area contributed by atoms with Gasteiger partial charge in [0.1, 0.15) is 29.0 Å². The van der Waals surface area contributed by atoms with Crippen molar-refractivity contribution in [2.24, 2.45) is 22.9 Å². The van der Waals surface area contributed by atoms with Gasteiger partial charge in [-0.05, 0) is 92.3 Å². The first-order valence-corrected chi connectivity index (χ1v) is 21.6. The van der Waals surface area contributed by atoms with E-state index in [0.717, 1.165) is 55.9 Å². The number of aldehydes is 1. The summed E-state index contributed by atoms with van der Waals surface area (Å²) in [6.45, 7) is 4.87. The Morgan fingerprint density at radius 2 is 1.79 bits per heavy atom. The molecular formula is C46H62N2O13. The van der Waals surface area contributed by atoms with Crippen molar-refractivity contribution in [2.75, 3.05) is 67.0 Å². The topological polar surface area (TPSA) is 184 Å². The second-order valence-corrected chi connectivity index (χ2v) is 15.8. The quantitative estimate of drug-likeness (QED) is 0.0475. The second-order valence-electron chi connectivity index (χ2n) is 15.8. The molecule has 61 heavy (non-hydrogen) atoms. The molecule has 2 aromatic rings. The third kappa shape index (κ3) is 10.6. The summed E-state index contributed by atoms with van der Waals surface area (Å²) in [4.78, 5) is 33.7. The Bertz CT molecular complexity index is 1830. The molecule has 7 atom stereocenters. The molecule has 1 amide bonds. The molecule has 1 saturated carbocycles. The molecule has 334 valence electrons. The number of ether oxygens (including phenoxy) is 7. The summed E-state index contributed by atoms with van der Waals surface area (Å²) in [5.74, 6) is -0.447. The molecule has 0 spiro atoms. The first-order chi connectivity index (χ1) is 29.9. The minimum absolute atomic E-state index is 0.0159. The SMILES string of the molecule is C=CCOC12Oc3ccc(Oc4ccc(OC)c(C=O)c4)cc3C3C(CCCCO)C(CCCCO)C=C(C(=NOC4CCCCO4)CC1N(CCOCCO)C(=O)OC)C32. The highest BCUT2D eigenvalue weighted by Gasteiger charge is 2.65. The molecule has 2 aliphatic carbocycles. The third-order valence-corrected chi connectivity index (χ3v) is 12.1. The average molecular weight is 851 g/mol. The van der Waals surface area contributed by atoms with E-state index in [1.807, 2.05) is 12.1 Å². The lowest BCUT2D eigenvalue weighted by atomic mass is 9.55. The summed E-state index contributed by atoms with van der Waals surface area (Å²) >= 11 is 0. The Kier molecular flexibility index (Phi) is 17.0. The van der Waals surface area contributed by atoms with Gasteiger partial charge >= 0.3 is 6.09 Å². The number of aliphatic hydroxyl groups excluding tert-OH is 3. The van der Waals surface area contributed by atoms with Gasteiger partial charge in [0, 0.05) is 44.1 Å². The van der Waals surface area contributed by atoms with E-state index in [2.05, 4.69) is 12.7 Å². The average Bonchev–Trinajstić information content (AvgIpc) is 3.29. The van der Waals surface area contributed by atoms with Crippen molar-refractivity contribution in [3.63, 3.8) is 0 Å². The van der Waals surface area contributed by atoms with Crippen LogP contribution in [-0.4, -0.2) is 123 Å². The van der Waals surface area contributed by atoms with E-state index in [4.69, 9.17) is 43.2 Å². The van der Waals surface area contributed by atoms with Gasteiger partial charge in [0.25, 0.3) is 0 Å². The lowest BCUT2D eigenvalue weighted by Crippen LogP contribution is -2.70. The molecule has 0 bridgehead atoms. The van der Waals surface area contributed by atoms with Crippen LogP contribution < -0.4 is 14.2 Å². The standard InChI is InChI=1S/C46H62N2O13/c1-4-22-58-46-41(48(45(53)55-3)18-24-56-25-21-51)29-38(47-61-42-13-7-10-23-57-42)36-27-31(11-5-8-19-49)35(12-6-9-20-50)43(44(36)46)37-28-34(15-17-40(37)60-46)59-33-14-16-39(54-2)32(26-33)30-52/h4,14-17,26-28,30-31,35,41-44,49-51H,1,5-13,18-25,29H2,2-3H3. The molecule has 7 unspecified atom stereocenters. The number of nitrogens with zero attached hydrogens (tertiary/aromatic N) is 2. The van der Waals surface area contributed by atoms with E-state index in [1.54, 1.807) is 35.2 Å². The number of hydrogen-bond donors (Lipinski definition) is 3. The van der Waals surface area contributed by atoms with Crippen LogP contribution in [0.4, 0.5) is 4.79 Å². The maximum absolute atomic E-state index is 14.0. The van der Waals surface area contributed by atoms with Crippen LogP contribution in [0.1, 0.15) is 86.0 Å². The Balaban J connectivity index is 1.57. The summed E-state index contributed by atoms with van der Waals surface area (Å²) in [5.41, 5.74) is 2.71. The molecule has 0 aromatic heterocycles. The van der Waals surface area contributed by atoms with Crippen molar-refractivity contribution in [1.29, 1.82) is 0 Å². The first-order valence-electron chi connectivity index (χ1n) is 21.6. The fourth-order valence-electron chi connectivity index (χ4n) is 9.45. The molecular weight excluding hydrogens is 789 g/mol. The van der Waals surface area contributed by atoms with Gasteiger partial charge in [-0.25, -0.2) is 4.79 Å². The molecule has 4 aliphatic rings. The number of amides is 1. The van der Waals surface area contributed by atoms with Crippen molar-refractivity contribution in [3.8, 4) is 23.0 Å². The number of oxime groups is 1. The van der Waals surface area contributed by atoms with E-state index in [1.165, 1.54) is 14.2 Å². The van der Waals surface area contributed by atoms with Gasteiger partial charge in [-0.3, -0.25) is 9.69 Å². The van der Waals surface area contributed by atoms with E-state index < -0.39 is 30.1 Å². The van der Waals surface area contributed by atoms with Crippen molar-refractivity contribution >= 4 is 18.1 Å². The van der Waals surface area contributed by atoms with Crippen molar-refractivity contribution in [3.05, 3.63) is 71.8 Å². The predicted octanol–water partition coefficient (Wildman–Crippen LogP) is 6.54. The summed E-state index contributed by atoms with van der Waals surface area (Å²) in [6, 6.07) is 9.85. The highest BCUT2D eigenvalue weighted by atomic mass is 16.8. The molecule has 15 nitrogen and oxygen atoms in total. The zero-order chi connectivity index (χ0) is 43.2. The van der Waals surface area contributed by atoms with Crippen LogP contribution in [0.15, 0.2) is 65.9 Å². The second kappa shape index (κ2) is 22.5. The lowest BCUT2D eigenvalue weighted by molar-refractivity contribution is -0.256. The smallest absolute Gasteiger partial charge is 0.410 e. The van der Waals surface area contributed by atoms with Crippen LogP contribution in [-0.2, 0) is 23.8 Å². The normalized spacial score (nSPS) is 25.9. The van der Waals surface area contributed by atoms with Crippen molar-refractivity contribution < 1.29 is 62.9 Å².